The minimum absolute atomic E-state index is 0.0634. The first-order valence-electron chi connectivity index (χ1n) is 7.76. The zero-order valence-electron chi connectivity index (χ0n) is 14.0. The van der Waals surface area contributed by atoms with E-state index >= 15 is 0 Å². The van der Waals surface area contributed by atoms with Crippen molar-refractivity contribution in [2.45, 2.75) is 13.5 Å². The highest BCUT2D eigenvalue weighted by Crippen LogP contribution is 2.29. The fourth-order valence-corrected chi connectivity index (χ4v) is 2.46. The first-order valence-corrected chi connectivity index (χ1v) is 7.76. The summed E-state index contributed by atoms with van der Waals surface area (Å²) in [6.07, 6.45) is 3.47. The SMILES string of the molecule is CN=C(N)NC(=O)c1cc2c(C)ccc(OCc3cccnc3)c2[nH]1. The summed E-state index contributed by atoms with van der Waals surface area (Å²) in [5.74, 6) is 0.381. The van der Waals surface area contributed by atoms with Crippen LogP contribution in [0.3, 0.4) is 0 Å². The van der Waals surface area contributed by atoms with Gasteiger partial charge < -0.3 is 15.5 Å². The van der Waals surface area contributed by atoms with Crippen molar-refractivity contribution in [2.24, 2.45) is 10.7 Å². The van der Waals surface area contributed by atoms with Gasteiger partial charge in [0.1, 0.15) is 18.1 Å². The zero-order chi connectivity index (χ0) is 17.8. The van der Waals surface area contributed by atoms with E-state index in [4.69, 9.17) is 10.5 Å². The van der Waals surface area contributed by atoms with E-state index in [1.807, 2.05) is 31.2 Å². The predicted molar refractivity (Wildman–Crippen MR) is 96.6 cm³/mol. The standard InChI is InChI=1S/C18H19N5O2/c1-11-5-6-15(25-10-12-4-3-7-21-9-12)16-13(11)8-14(22-16)17(24)23-18(19)20-2/h3-9,22H,10H2,1-2H3,(H3,19,20,23,24). The first-order chi connectivity index (χ1) is 12.1. The van der Waals surface area contributed by atoms with E-state index in [2.05, 4.69) is 20.3 Å². The van der Waals surface area contributed by atoms with Gasteiger partial charge in [-0.05, 0) is 30.7 Å². The number of rotatable bonds is 4. The summed E-state index contributed by atoms with van der Waals surface area (Å²) in [6, 6.07) is 9.42. The van der Waals surface area contributed by atoms with Crippen molar-refractivity contribution in [3.8, 4) is 5.75 Å². The number of aromatic amines is 1. The third kappa shape index (κ3) is 3.60. The predicted octanol–water partition coefficient (Wildman–Crippen LogP) is 2.12. The average molecular weight is 337 g/mol. The van der Waals surface area contributed by atoms with Crippen LogP contribution in [0.1, 0.15) is 21.6 Å². The van der Waals surface area contributed by atoms with Crippen molar-refractivity contribution < 1.29 is 9.53 Å². The average Bonchev–Trinajstić information content (AvgIpc) is 3.08. The van der Waals surface area contributed by atoms with Gasteiger partial charge >= 0.3 is 0 Å². The van der Waals surface area contributed by atoms with Gasteiger partial charge in [-0.1, -0.05) is 12.1 Å². The van der Waals surface area contributed by atoms with Gasteiger partial charge in [-0.2, -0.15) is 0 Å². The Morgan fingerprint density at radius 2 is 2.24 bits per heavy atom. The number of fused-ring (bicyclic) bond motifs is 1. The van der Waals surface area contributed by atoms with Gasteiger partial charge in [0.15, 0.2) is 5.96 Å². The molecule has 4 N–H and O–H groups in total. The van der Waals surface area contributed by atoms with Crippen molar-refractivity contribution in [3.63, 3.8) is 0 Å². The topological polar surface area (TPSA) is 105 Å². The number of hydrogen-bond donors (Lipinski definition) is 3. The maximum absolute atomic E-state index is 12.2. The summed E-state index contributed by atoms with van der Waals surface area (Å²) in [5, 5.41) is 3.43. The molecule has 0 aliphatic rings. The van der Waals surface area contributed by atoms with Crippen LogP contribution in [0.2, 0.25) is 0 Å². The van der Waals surface area contributed by atoms with Crippen molar-refractivity contribution in [2.75, 3.05) is 7.05 Å². The molecular weight excluding hydrogens is 318 g/mol. The van der Waals surface area contributed by atoms with E-state index in [-0.39, 0.29) is 11.9 Å². The van der Waals surface area contributed by atoms with Crippen LogP contribution in [-0.2, 0) is 6.61 Å². The number of aryl methyl sites for hydroxylation is 1. The van der Waals surface area contributed by atoms with Crippen LogP contribution in [0.4, 0.5) is 0 Å². The van der Waals surface area contributed by atoms with Gasteiger partial charge in [-0.15, -0.1) is 0 Å². The number of guanidine groups is 1. The van der Waals surface area contributed by atoms with Crippen LogP contribution >= 0.6 is 0 Å². The molecule has 2 aromatic heterocycles. The van der Waals surface area contributed by atoms with Crippen LogP contribution in [0.5, 0.6) is 5.75 Å². The Bertz CT molecular complexity index is 931. The number of aliphatic imine (C=N–C) groups is 1. The smallest absolute Gasteiger partial charge is 0.274 e. The molecule has 0 spiro atoms. The van der Waals surface area contributed by atoms with Crippen LogP contribution in [-0.4, -0.2) is 28.9 Å². The summed E-state index contributed by atoms with van der Waals surface area (Å²) in [5.41, 5.74) is 8.71. The summed E-state index contributed by atoms with van der Waals surface area (Å²) < 4.78 is 5.90. The molecule has 7 heteroatoms. The number of nitrogens with one attached hydrogen (secondary N) is 2. The van der Waals surface area contributed by atoms with Gasteiger partial charge in [-0.25, -0.2) is 0 Å². The Kier molecular flexibility index (Phi) is 4.65. The molecule has 0 fully saturated rings. The Labute approximate surface area is 144 Å². The molecule has 0 unspecified atom stereocenters. The fraction of sp³-hybridized carbons (Fsp3) is 0.167. The molecule has 0 radical (unpaired) electrons. The Morgan fingerprint density at radius 1 is 1.40 bits per heavy atom. The second kappa shape index (κ2) is 7.04. The minimum atomic E-state index is -0.350. The largest absolute Gasteiger partial charge is 0.487 e. The highest BCUT2D eigenvalue weighted by molar-refractivity contribution is 6.07. The Morgan fingerprint density at radius 3 is 2.96 bits per heavy atom. The molecular formula is C18H19N5O2. The van der Waals surface area contributed by atoms with Crippen LogP contribution in [0, 0.1) is 6.92 Å². The molecule has 7 nitrogen and oxygen atoms in total. The summed E-state index contributed by atoms with van der Waals surface area (Å²) >= 11 is 0. The zero-order valence-corrected chi connectivity index (χ0v) is 14.0. The van der Waals surface area contributed by atoms with Crippen molar-refractivity contribution >= 4 is 22.8 Å². The monoisotopic (exact) mass is 337 g/mol. The molecule has 3 aromatic rings. The Hall–Kier alpha value is -3.35. The molecule has 128 valence electrons. The van der Waals surface area contributed by atoms with E-state index in [9.17, 15) is 4.79 Å². The maximum Gasteiger partial charge on any atom is 0.274 e. The van der Waals surface area contributed by atoms with Gasteiger partial charge in [0, 0.05) is 30.4 Å². The van der Waals surface area contributed by atoms with Gasteiger partial charge in [0.2, 0.25) is 0 Å². The molecule has 0 aliphatic heterocycles. The fourth-order valence-electron chi connectivity index (χ4n) is 2.46. The third-order valence-electron chi connectivity index (χ3n) is 3.82. The molecule has 2 heterocycles. The van der Waals surface area contributed by atoms with Crippen LogP contribution in [0.15, 0.2) is 47.7 Å². The minimum Gasteiger partial charge on any atom is -0.487 e. The molecule has 0 bridgehead atoms. The van der Waals surface area contributed by atoms with E-state index in [1.54, 1.807) is 18.5 Å². The van der Waals surface area contributed by atoms with E-state index in [1.165, 1.54) is 7.05 Å². The summed E-state index contributed by atoms with van der Waals surface area (Å²) in [4.78, 5) is 23.1. The summed E-state index contributed by atoms with van der Waals surface area (Å²) in [7, 11) is 1.51. The molecule has 0 saturated carbocycles. The number of hydrogen-bond acceptors (Lipinski definition) is 4. The number of ether oxygens (including phenoxy) is 1. The second-order valence-corrected chi connectivity index (χ2v) is 5.57. The highest BCUT2D eigenvalue weighted by Gasteiger charge is 2.14. The van der Waals surface area contributed by atoms with E-state index in [0.717, 1.165) is 22.0 Å². The molecule has 0 saturated heterocycles. The van der Waals surface area contributed by atoms with Gasteiger partial charge in [0.05, 0.1) is 5.52 Å². The Balaban J connectivity index is 1.89. The van der Waals surface area contributed by atoms with E-state index < -0.39 is 0 Å². The molecule has 3 rings (SSSR count). The lowest BCUT2D eigenvalue weighted by molar-refractivity contribution is 0.0972. The van der Waals surface area contributed by atoms with Crippen LogP contribution in [0.25, 0.3) is 10.9 Å². The van der Waals surface area contributed by atoms with Crippen molar-refractivity contribution in [1.82, 2.24) is 15.3 Å². The number of carbonyl (C=O) groups excluding carboxylic acids is 1. The molecule has 0 aliphatic carbocycles. The number of nitrogens with two attached hydrogens (primary N) is 1. The maximum atomic E-state index is 12.2. The lowest BCUT2D eigenvalue weighted by Crippen LogP contribution is -2.36. The lowest BCUT2D eigenvalue weighted by atomic mass is 10.1. The third-order valence-corrected chi connectivity index (χ3v) is 3.82. The normalized spacial score (nSPS) is 11.5. The van der Waals surface area contributed by atoms with Crippen molar-refractivity contribution in [1.29, 1.82) is 0 Å². The van der Waals surface area contributed by atoms with Gasteiger partial charge in [0.25, 0.3) is 5.91 Å². The number of H-pyrrole nitrogens is 1. The molecule has 1 amide bonds. The number of aromatic nitrogens is 2. The van der Waals surface area contributed by atoms with Crippen molar-refractivity contribution in [3.05, 3.63) is 59.5 Å². The highest BCUT2D eigenvalue weighted by atomic mass is 16.5. The van der Waals surface area contributed by atoms with Gasteiger partial charge in [-0.3, -0.25) is 20.1 Å². The molecule has 1 aromatic carbocycles. The number of pyridine rings is 1. The second-order valence-electron chi connectivity index (χ2n) is 5.57. The number of carbonyl (C=O) groups is 1. The van der Waals surface area contributed by atoms with Crippen LogP contribution < -0.4 is 15.8 Å². The summed E-state index contributed by atoms with van der Waals surface area (Å²) in [6.45, 7) is 2.37. The molecule has 0 atom stereocenters. The van der Waals surface area contributed by atoms with E-state index in [0.29, 0.717) is 18.1 Å². The molecule has 25 heavy (non-hydrogen) atoms. The number of nitrogens with zero attached hydrogens (tertiary/aromatic N) is 2. The first kappa shape index (κ1) is 16.5. The lowest BCUT2D eigenvalue weighted by Gasteiger charge is -2.08. The quantitative estimate of drug-likeness (QED) is 0.501. The number of amides is 1. The number of benzene rings is 1.